The summed E-state index contributed by atoms with van der Waals surface area (Å²) in [7, 11) is 0. The predicted octanol–water partition coefficient (Wildman–Crippen LogP) is 4.12. The smallest absolute Gasteiger partial charge is 0.395 e. The van der Waals surface area contributed by atoms with Crippen LogP contribution in [-0.4, -0.2) is 40.9 Å². The Labute approximate surface area is 114 Å². The molecular formula is C9H5F11O2. The largest absolute Gasteiger partial charge is 0.478 e. The summed E-state index contributed by atoms with van der Waals surface area (Å²) in [5.74, 6) is -30.4. The first-order valence-electron chi connectivity index (χ1n) is 4.82. The van der Waals surface area contributed by atoms with Crippen molar-refractivity contribution in [1.29, 1.82) is 0 Å². The molecule has 0 aliphatic rings. The van der Waals surface area contributed by atoms with E-state index in [2.05, 4.69) is 0 Å². The third kappa shape index (κ3) is 3.27. The first-order chi connectivity index (χ1) is 9.31. The van der Waals surface area contributed by atoms with Crippen molar-refractivity contribution in [2.45, 2.75) is 36.3 Å². The predicted molar refractivity (Wildman–Crippen MR) is 47.2 cm³/mol. The topological polar surface area (TPSA) is 37.3 Å². The van der Waals surface area contributed by atoms with Crippen LogP contribution in [-0.2, 0) is 4.79 Å². The second-order valence-corrected chi connectivity index (χ2v) is 4.00. The molecular weight excluding hydrogens is 349 g/mol. The van der Waals surface area contributed by atoms with E-state index in [1.165, 1.54) is 0 Å². The molecule has 1 N–H and O–H groups in total. The van der Waals surface area contributed by atoms with Crippen LogP contribution in [0.1, 0.15) is 6.42 Å². The number of halogens is 11. The highest BCUT2D eigenvalue weighted by molar-refractivity contribution is 5.88. The molecule has 0 aromatic heterocycles. The third-order valence-corrected chi connectivity index (χ3v) is 2.31. The van der Waals surface area contributed by atoms with Crippen molar-refractivity contribution in [2.24, 2.45) is 0 Å². The standard InChI is InChI=1S/C9H5F11O2/c1-3(4(21)22)7(15,16)9(19,20)8(17,18)5(10,11)2-6(12,13)14/h1-2H2,(H,21,22). The van der Waals surface area contributed by atoms with E-state index in [4.69, 9.17) is 5.11 Å². The molecule has 0 bridgehead atoms. The maximum Gasteiger partial charge on any atom is 0.395 e. The lowest BCUT2D eigenvalue weighted by Gasteiger charge is -2.36. The number of rotatable bonds is 6. The summed E-state index contributed by atoms with van der Waals surface area (Å²) in [4.78, 5) is 10.1. The zero-order chi connectivity index (χ0) is 18.4. The van der Waals surface area contributed by atoms with Crippen molar-refractivity contribution >= 4 is 5.97 Å². The molecule has 22 heavy (non-hydrogen) atoms. The highest BCUT2D eigenvalue weighted by Crippen LogP contribution is 2.56. The zero-order valence-electron chi connectivity index (χ0n) is 9.93. The summed E-state index contributed by atoms with van der Waals surface area (Å²) < 4.78 is 138. The molecule has 0 rings (SSSR count). The van der Waals surface area contributed by atoms with Gasteiger partial charge in [-0.15, -0.1) is 0 Å². The SMILES string of the molecule is C=C(C(=O)O)C(F)(F)C(F)(F)C(F)(F)C(F)(F)CC(F)(F)F. The summed E-state index contributed by atoms with van der Waals surface area (Å²) >= 11 is 0. The van der Waals surface area contributed by atoms with Crippen LogP contribution >= 0.6 is 0 Å². The number of carbonyl (C=O) groups is 1. The zero-order valence-corrected chi connectivity index (χ0v) is 9.93. The molecule has 0 radical (unpaired) electrons. The monoisotopic (exact) mass is 354 g/mol. The van der Waals surface area contributed by atoms with Crippen molar-refractivity contribution in [3.8, 4) is 0 Å². The molecule has 0 saturated heterocycles. The molecule has 0 heterocycles. The van der Waals surface area contributed by atoms with E-state index in [9.17, 15) is 53.1 Å². The molecule has 0 aliphatic heterocycles. The van der Waals surface area contributed by atoms with Gasteiger partial charge in [-0.3, -0.25) is 0 Å². The minimum atomic E-state index is -7.21. The van der Waals surface area contributed by atoms with Gasteiger partial charge in [-0.2, -0.15) is 48.3 Å². The van der Waals surface area contributed by atoms with E-state index in [1.54, 1.807) is 0 Å². The van der Waals surface area contributed by atoms with Gasteiger partial charge in [-0.25, -0.2) is 4.79 Å². The Hall–Kier alpha value is -1.56. The maximum atomic E-state index is 13.0. The van der Waals surface area contributed by atoms with Gasteiger partial charge >= 0.3 is 35.8 Å². The van der Waals surface area contributed by atoms with E-state index in [-0.39, 0.29) is 0 Å². The average Bonchev–Trinajstić information content (AvgIpc) is 2.23. The number of carboxylic acids is 1. The summed E-state index contributed by atoms with van der Waals surface area (Å²) in [6, 6.07) is 0. The van der Waals surface area contributed by atoms with Crippen LogP contribution in [0.25, 0.3) is 0 Å². The Morgan fingerprint density at radius 3 is 1.45 bits per heavy atom. The van der Waals surface area contributed by atoms with Crippen LogP contribution in [0.2, 0.25) is 0 Å². The van der Waals surface area contributed by atoms with Gasteiger partial charge in [0, 0.05) is 0 Å². The molecule has 0 aromatic rings. The first-order valence-corrected chi connectivity index (χ1v) is 4.82. The normalized spacial score (nSPS) is 14.9. The van der Waals surface area contributed by atoms with Gasteiger partial charge in [-0.05, 0) is 0 Å². The number of hydrogen-bond acceptors (Lipinski definition) is 1. The van der Waals surface area contributed by atoms with Crippen LogP contribution in [0.4, 0.5) is 48.3 Å². The second kappa shape index (κ2) is 5.26. The van der Waals surface area contributed by atoms with Gasteiger partial charge in [0.25, 0.3) is 0 Å². The minimum absolute atomic E-state index is 1.83. The van der Waals surface area contributed by atoms with Gasteiger partial charge in [0.1, 0.15) is 12.0 Å². The lowest BCUT2D eigenvalue weighted by atomic mass is 9.92. The Morgan fingerprint density at radius 1 is 0.818 bits per heavy atom. The fourth-order valence-electron chi connectivity index (χ4n) is 1.11. The lowest BCUT2D eigenvalue weighted by molar-refractivity contribution is -0.370. The number of alkyl halides is 11. The number of carboxylic acid groups (broad SMARTS) is 1. The molecule has 2 nitrogen and oxygen atoms in total. The van der Waals surface area contributed by atoms with Gasteiger partial charge in [0.15, 0.2) is 0 Å². The van der Waals surface area contributed by atoms with Crippen LogP contribution in [0.15, 0.2) is 12.2 Å². The lowest BCUT2D eigenvalue weighted by Crippen LogP contribution is -2.63. The minimum Gasteiger partial charge on any atom is -0.478 e. The Kier molecular flexibility index (Phi) is 4.89. The van der Waals surface area contributed by atoms with Crippen molar-refractivity contribution in [3.63, 3.8) is 0 Å². The molecule has 0 aliphatic carbocycles. The average molecular weight is 354 g/mol. The van der Waals surface area contributed by atoms with Gasteiger partial charge in [-0.1, -0.05) is 6.58 Å². The van der Waals surface area contributed by atoms with Gasteiger partial charge < -0.3 is 5.11 Å². The van der Waals surface area contributed by atoms with E-state index in [0.29, 0.717) is 0 Å². The van der Waals surface area contributed by atoms with Crippen LogP contribution < -0.4 is 0 Å². The molecule has 13 heteroatoms. The number of hydrogen-bond donors (Lipinski definition) is 1. The second-order valence-electron chi connectivity index (χ2n) is 4.00. The van der Waals surface area contributed by atoms with Gasteiger partial charge in [0.2, 0.25) is 0 Å². The Bertz CT molecular complexity index is 463. The van der Waals surface area contributed by atoms with Gasteiger partial charge in [0.05, 0.1) is 0 Å². The molecule has 0 atom stereocenters. The van der Waals surface area contributed by atoms with Crippen LogP contribution in [0.3, 0.4) is 0 Å². The van der Waals surface area contributed by atoms with Crippen LogP contribution in [0, 0.1) is 0 Å². The molecule has 0 amide bonds. The van der Waals surface area contributed by atoms with Crippen molar-refractivity contribution < 1.29 is 58.2 Å². The van der Waals surface area contributed by atoms with E-state index in [1.807, 2.05) is 6.58 Å². The molecule has 0 spiro atoms. The van der Waals surface area contributed by atoms with E-state index < -0.39 is 47.8 Å². The van der Waals surface area contributed by atoms with E-state index >= 15 is 0 Å². The van der Waals surface area contributed by atoms with Crippen LogP contribution in [0.5, 0.6) is 0 Å². The van der Waals surface area contributed by atoms with Crippen molar-refractivity contribution in [3.05, 3.63) is 12.2 Å². The molecule has 130 valence electrons. The summed E-state index contributed by atoms with van der Waals surface area (Å²) in [5, 5.41) is 8.01. The highest BCUT2D eigenvalue weighted by Gasteiger charge is 2.82. The van der Waals surface area contributed by atoms with E-state index in [0.717, 1.165) is 0 Å². The third-order valence-electron chi connectivity index (χ3n) is 2.31. The molecule has 0 fully saturated rings. The molecule has 0 unspecified atom stereocenters. The Morgan fingerprint density at radius 2 is 1.18 bits per heavy atom. The quantitative estimate of drug-likeness (QED) is 0.576. The highest BCUT2D eigenvalue weighted by atomic mass is 19.4. The van der Waals surface area contributed by atoms with Crippen molar-refractivity contribution in [1.82, 2.24) is 0 Å². The number of aliphatic carboxylic acids is 1. The fraction of sp³-hybridized carbons (Fsp3) is 0.667. The summed E-state index contributed by atoms with van der Waals surface area (Å²) in [6.45, 7) is 1.83. The van der Waals surface area contributed by atoms with Crippen molar-refractivity contribution in [2.75, 3.05) is 0 Å². The fourth-order valence-corrected chi connectivity index (χ4v) is 1.11. The summed E-state index contributed by atoms with van der Waals surface area (Å²) in [5.41, 5.74) is -2.89. The Balaban J connectivity index is 5.95. The molecule has 0 aromatic carbocycles. The maximum absolute atomic E-state index is 13.0. The molecule has 0 saturated carbocycles. The summed E-state index contributed by atoms with van der Waals surface area (Å²) in [6.07, 6.45) is -9.90. The first kappa shape index (κ1) is 20.4.